The fraction of sp³-hybridized carbons (Fsp3) is 0.231. The number of nitrogens with one attached hydrogen (secondary N) is 1. The van der Waals surface area contributed by atoms with Crippen LogP contribution < -0.4 is 5.32 Å². The summed E-state index contributed by atoms with van der Waals surface area (Å²) in [5, 5.41) is 6.65. The largest absolute Gasteiger partial charge is 0.324 e. The summed E-state index contributed by atoms with van der Waals surface area (Å²) < 4.78 is 3.77. The number of anilines is 1. The van der Waals surface area contributed by atoms with E-state index >= 15 is 0 Å². The van der Waals surface area contributed by atoms with Gasteiger partial charge in [0, 0.05) is 12.2 Å². The van der Waals surface area contributed by atoms with Crippen LogP contribution in [0.1, 0.15) is 20.9 Å². The van der Waals surface area contributed by atoms with Gasteiger partial charge >= 0.3 is 0 Å². The van der Waals surface area contributed by atoms with Gasteiger partial charge in [-0.25, -0.2) is 0 Å². The Kier molecular flexibility index (Phi) is 3.19. The third kappa shape index (κ3) is 2.27. The smallest absolute Gasteiger partial charge is 0.268 e. The van der Waals surface area contributed by atoms with Crippen molar-refractivity contribution in [2.45, 2.75) is 13.5 Å². The number of rotatable bonds is 1. The number of amides is 2. The fourth-order valence-corrected chi connectivity index (χ4v) is 2.74. The lowest BCUT2D eigenvalue weighted by Gasteiger charge is -2.18. The Morgan fingerprint density at radius 3 is 2.90 bits per heavy atom. The van der Waals surface area contributed by atoms with Crippen molar-refractivity contribution in [1.29, 1.82) is 0 Å². The van der Waals surface area contributed by atoms with E-state index in [1.165, 1.54) is 4.90 Å². The predicted octanol–water partition coefficient (Wildman–Crippen LogP) is 1.44. The minimum absolute atomic E-state index is 0.0326. The minimum atomic E-state index is -0.204. The standard InChI is InChI=1S/C13H12N4O2S/c1-8-12(20-16-15-8)13(19)17-6-9-4-2-3-5-10(9)14-11(18)7-17/h2-5H,6-7H2,1H3,(H,14,18). The van der Waals surface area contributed by atoms with Crippen LogP contribution in [-0.4, -0.2) is 32.8 Å². The van der Waals surface area contributed by atoms with E-state index < -0.39 is 0 Å². The fourth-order valence-electron chi connectivity index (χ4n) is 2.12. The van der Waals surface area contributed by atoms with Crippen molar-refractivity contribution in [1.82, 2.24) is 14.5 Å². The van der Waals surface area contributed by atoms with E-state index in [0.717, 1.165) is 22.8 Å². The van der Waals surface area contributed by atoms with Crippen LogP contribution in [0.3, 0.4) is 0 Å². The molecule has 0 spiro atoms. The van der Waals surface area contributed by atoms with Crippen LogP contribution >= 0.6 is 11.5 Å². The molecule has 6 nitrogen and oxygen atoms in total. The molecular weight excluding hydrogens is 276 g/mol. The monoisotopic (exact) mass is 288 g/mol. The molecule has 1 aromatic heterocycles. The third-order valence-electron chi connectivity index (χ3n) is 3.12. The summed E-state index contributed by atoms with van der Waals surface area (Å²) in [7, 11) is 0. The van der Waals surface area contributed by atoms with Crippen molar-refractivity contribution in [3.8, 4) is 0 Å². The second-order valence-corrected chi connectivity index (χ2v) is 5.31. The number of nitrogens with zero attached hydrogens (tertiary/aromatic N) is 3. The summed E-state index contributed by atoms with van der Waals surface area (Å²) >= 11 is 1.06. The van der Waals surface area contributed by atoms with Crippen molar-refractivity contribution >= 4 is 29.0 Å². The van der Waals surface area contributed by atoms with Gasteiger partial charge in [-0.05, 0) is 30.1 Å². The van der Waals surface area contributed by atoms with E-state index in [2.05, 4.69) is 14.9 Å². The lowest BCUT2D eigenvalue weighted by Crippen LogP contribution is -2.35. The van der Waals surface area contributed by atoms with Crippen LogP contribution in [0.4, 0.5) is 5.69 Å². The molecular formula is C13H12N4O2S. The molecule has 1 aliphatic heterocycles. The Bertz CT molecular complexity index is 683. The maximum Gasteiger partial charge on any atom is 0.268 e. The van der Waals surface area contributed by atoms with Gasteiger partial charge in [0.2, 0.25) is 5.91 Å². The number of hydrogen-bond acceptors (Lipinski definition) is 5. The highest BCUT2D eigenvalue weighted by molar-refractivity contribution is 7.07. The Balaban J connectivity index is 1.93. The molecule has 2 aromatic rings. The molecule has 0 aliphatic carbocycles. The maximum absolute atomic E-state index is 12.5. The number of carbonyl (C=O) groups is 2. The zero-order valence-electron chi connectivity index (χ0n) is 10.8. The second-order valence-electron chi connectivity index (χ2n) is 4.55. The van der Waals surface area contributed by atoms with Crippen molar-refractivity contribution in [3.05, 3.63) is 40.4 Å². The van der Waals surface area contributed by atoms with Crippen LogP contribution in [-0.2, 0) is 11.3 Å². The van der Waals surface area contributed by atoms with E-state index in [1.54, 1.807) is 6.92 Å². The molecule has 0 saturated carbocycles. The normalized spacial score (nSPS) is 14.4. The molecule has 1 aromatic carbocycles. The van der Waals surface area contributed by atoms with E-state index in [1.807, 2.05) is 24.3 Å². The van der Waals surface area contributed by atoms with Crippen molar-refractivity contribution < 1.29 is 9.59 Å². The highest BCUT2D eigenvalue weighted by Crippen LogP contribution is 2.22. The van der Waals surface area contributed by atoms with Crippen LogP contribution in [0.15, 0.2) is 24.3 Å². The lowest BCUT2D eigenvalue weighted by atomic mass is 10.1. The molecule has 2 heterocycles. The van der Waals surface area contributed by atoms with Crippen LogP contribution in [0, 0.1) is 6.92 Å². The predicted molar refractivity (Wildman–Crippen MR) is 74.5 cm³/mol. The summed E-state index contributed by atoms with van der Waals surface area (Å²) in [5.41, 5.74) is 2.27. The van der Waals surface area contributed by atoms with Crippen molar-refractivity contribution in [2.75, 3.05) is 11.9 Å². The highest BCUT2D eigenvalue weighted by Gasteiger charge is 2.26. The first-order valence-electron chi connectivity index (χ1n) is 6.11. The molecule has 20 heavy (non-hydrogen) atoms. The summed E-state index contributed by atoms with van der Waals surface area (Å²) in [4.78, 5) is 26.3. The van der Waals surface area contributed by atoms with Crippen LogP contribution in [0.2, 0.25) is 0 Å². The zero-order chi connectivity index (χ0) is 14.1. The van der Waals surface area contributed by atoms with Gasteiger partial charge in [0.25, 0.3) is 5.91 Å². The van der Waals surface area contributed by atoms with Crippen LogP contribution in [0.5, 0.6) is 0 Å². The Morgan fingerprint density at radius 1 is 1.35 bits per heavy atom. The van der Waals surface area contributed by atoms with Crippen molar-refractivity contribution in [3.63, 3.8) is 0 Å². The average Bonchev–Trinajstić information content (AvgIpc) is 2.77. The highest BCUT2D eigenvalue weighted by atomic mass is 32.1. The molecule has 0 radical (unpaired) electrons. The molecule has 1 aliphatic rings. The molecule has 7 heteroatoms. The number of fused-ring (bicyclic) bond motifs is 1. The molecule has 0 bridgehead atoms. The number of para-hydroxylation sites is 1. The minimum Gasteiger partial charge on any atom is -0.324 e. The van der Waals surface area contributed by atoms with Crippen molar-refractivity contribution in [2.24, 2.45) is 0 Å². The molecule has 0 saturated heterocycles. The Labute approximate surface area is 119 Å². The summed E-state index contributed by atoms with van der Waals surface area (Å²) in [6.45, 7) is 2.17. The number of hydrogen-bond donors (Lipinski definition) is 1. The second kappa shape index (κ2) is 5.01. The van der Waals surface area contributed by atoms with Gasteiger partial charge in [0.15, 0.2) is 0 Å². The van der Waals surface area contributed by atoms with Crippen LogP contribution in [0.25, 0.3) is 0 Å². The lowest BCUT2D eigenvalue weighted by molar-refractivity contribution is -0.116. The molecule has 102 valence electrons. The number of aryl methyl sites for hydroxylation is 1. The third-order valence-corrected chi connectivity index (χ3v) is 3.94. The first-order chi connectivity index (χ1) is 9.65. The molecule has 1 N–H and O–H groups in total. The molecule has 0 fully saturated rings. The van der Waals surface area contributed by atoms with Gasteiger partial charge < -0.3 is 10.2 Å². The Hall–Kier alpha value is -2.28. The first kappa shape index (κ1) is 12.7. The molecule has 0 atom stereocenters. The number of benzene rings is 1. The van der Waals surface area contributed by atoms with Gasteiger partial charge in [0.05, 0.1) is 5.69 Å². The summed E-state index contributed by atoms with van der Waals surface area (Å²) in [5.74, 6) is -0.400. The van der Waals surface area contributed by atoms with E-state index in [-0.39, 0.29) is 18.4 Å². The van der Waals surface area contributed by atoms with Gasteiger partial charge in [-0.15, -0.1) is 5.10 Å². The van der Waals surface area contributed by atoms with Gasteiger partial charge in [-0.3, -0.25) is 9.59 Å². The van der Waals surface area contributed by atoms with E-state index in [0.29, 0.717) is 17.1 Å². The van der Waals surface area contributed by atoms with Gasteiger partial charge in [-0.1, -0.05) is 22.7 Å². The number of aromatic nitrogens is 2. The maximum atomic E-state index is 12.5. The Morgan fingerprint density at radius 2 is 2.15 bits per heavy atom. The van der Waals surface area contributed by atoms with E-state index in [4.69, 9.17) is 0 Å². The quantitative estimate of drug-likeness (QED) is 0.861. The zero-order valence-corrected chi connectivity index (χ0v) is 11.6. The molecule has 2 amide bonds. The van der Waals surface area contributed by atoms with Gasteiger partial charge in [0.1, 0.15) is 11.4 Å². The topological polar surface area (TPSA) is 75.2 Å². The summed E-state index contributed by atoms with van der Waals surface area (Å²) in [6.07, 6.45) is 0. The molecule has 0 unspecified atom stereocenters. The number of carbonyl (C=O) groups excluding carboxylic acids is 2. The molecule has 3 rings (SSSR count). The SMILES string of the molecule is Cc1nnsc1C(=O)N1CC(=O)Nc2ccccc2C1. The van der Waals surface area contributed by atoms with E-state index in [9.17, 15) is 9.59 Å². The average molecular weight is 288 g/mol. The summed E-state index contributed by atoms with van der Waals surface area (Å²) in [6, 6.07) is 7.48. The first-order valence-corrected chi connectivity index (χ1v) is 6.88. The van der Waals surface area contributed by atoms with Gasteiger partial charge in [-0.2, -0.15) is 0 Å².